The summed E-state index contributed by atoms with van der Waals surface area (Å²) in [6.45, 7) is 8.15. The van der Waals surface area contributed by atoms with E-state index in [-0.39, 0.29) is 18.4 Å². The molecular formula is C32H41N7O2. The Morgan fingerprint density at radius 2 is 2.00 bits per heavy atom. The molecule has 9 heteroatoms. The van der Waals surface area contributed by atoms with Crippen LogP contribution in [0.5, 0.6) is 6.01 Å². The van der Waals surface area contributed by atoms with E-state index < -0.39 is 0 Å². The van der Waals surface area contributed by atoms with E-state index in [9.17, 15) is 10.1 Å². The van der Waals surface area contributed by atoms with E-state index in [1.807, 2.05) is 0 Å². The predicted molar refractivity (Wildman–Crippen MR) is 159 cm³/mol. The summed E-state index contributed by atoms with van der Waals surface area (Å²) in [7, 11) is 2.15. The highest BCUT2D eigenvalue weighted by Gasteiger charge is 2.35. The van der Waals surface area contributed by atoms with Crippen molar-refractivity contribution in [1.29, 1.82) is 5.26 Å². The van der Waals surface area contributed by atoms with Gasteiger partial charge in [-0.05, 0) is 69.8 Å². The second kappa shape index (κ2) is 12.1. The fraction of sp³-hybridized carbons (Fsp3) is 0.562. The third-order valence-corrected chi connectivity index (χ3v) is 9.44. The third-order valence-electron chi connectivity index (χ3n) is 9.44. The van der Waals surface area contributed by atoms with Gasteiger partial charge < -0.3 is 24.3 Å². The van der Waals surface area contributed by atoms with Crippen molar-refractivity contribution in [3.63, 3.8) is 0 Å². The largest absolute Gasteiger partial charge is 0.462 e. The van der Waals surface area contributed by atoms with Gasteiger partial charge in [0.05, 0.1) is 24.2 Å². The Morgan fingerprint density at radius 3 is 2.80 bits per heavy atom. The number of hydrogen-bond acceptors (Lipinski definition) is 8. The number of fused-ring (bicyclic) bond motifs is 2. The minimum atomic E-state index is -0.206. The number of likely N-dealkylation sites (tertiary alicyclic amines) is 1. The molecule has 216 valence electrons. The molecule has 6 rings (SSSR count). The summed E-state index contributed by atoms with van der Waals surface area (Å²) in [4.78, 5) is 31.5. The molecule has 1 aromatic heterocycles. The first-order chi connectivity index (χ1) is 20.1. The summed E-state index contributed by atoms with van der Waals surface area (Å²) in [5.41, 5.74) is 5.07. The van der Waals surface area contributed by atoms with Gasteiger partial charge in [0, 0.05) is 55.9 Å². The lowest BCUT2D eigenvalue weighted by atomic mass is 9.88. The smallest absolute Gasteiger partial charge is 0.318 e. The average molecular weight is 556 g/mol. The van der Waals surface area contributed by atoms with Crippen LogP contribution >= 0.6 is 0 Å². The molecule has 2 aromatic rings. The number of piperazine rings is 1. The number of likely N-dealkylation sites (N-methyl/N-ethyl adjacent to an activating group) is 1. The van der Waals surface area contributed by atoms with E-state index in [1.165, 1.54) is 35.7 Å². The van der Waals surface area contributed by atoms with Crippen molar-refractivity contribution in [3.8, 4) is 12.1 Å². The number of nitriles is 1. The highest BCUT2D eigenvalue weighted by Crippen LogP contribution is 2.37. The minimum Gasteiger partial charge on any atom is -0.462 e. The van der Waals surface area contributed by atoms with Crippen LogP contribution in [0.25, 0.3) is 0 Å². The molecule has 1 aliphatic carbocycles. The lowest BCUT2D eigenvalue weighted by Crippen LogP contribution is -2.55. The monoisotopic (exact) mass is 555 g/mol. The molecule has 9 nitrogen and oxygen atoms in total. The fourth-order valence-corrected chi connectivity index (χ4v) is 7.19. The van der Waals surface area contributed by atoms with Gasteiger partial charge in [0.15, 0.2) is 0 Å². The Bertz CT molecular complexity index is 1320. The Labute approximate surface area is 243 Å². The Hall–Kier alpha value is -3.64. The average Bonchev–Trinajstić information content (AvgIpc) is 3.43. The molecule has 1 aromatic carbocycles. The van der Waals surface area contributed by atoms with Crippen LogP contribution in [0.2, 0.25) is 0 Å². The minimum absolute atomic E-state index is 0.121. The number of aryl methyl sites for hydroxylation is 1. The first-order valence-electron chi connectivity index (χ1n) is 15.2. The quantitative estimate of drug-likeness (QED) is 0.481. The molecule has 4 heterocycles. The number of nitrogens with zero attached hydrogens (tertiary/aromatic N) is 7. The molecule has 0 N–H and O–H groups in total. The number of amides is 1. The zero-order valence-electron chi connectivity index (χ0n) is 24.2. The normalized spacial score (nSPS) is 24.4. The van der Waals surface area contributed by atoms with Crippen LogP contribution in [0, 0.1) is 11.3 Å². The molecule has 2 unspecified atom stereocenters. The van der Waals surface area contributed by atoms with Crippen molar-refractivity contribution < 1.29 is 9.53 Å². The molecule has 41 heavy (non-hydrogen) atoms. The molecule has 4 aliphatic rings. The zero-order valence-corrected chi connectivity index (χ0v) is 24.2. The lowest BCUT2D eigenvalue weighted by Gasteiger charge is -2.43. The van der Waals surface area contributed by atoms with Crippen LogP contribution in [0.15, 0.2) is 36.9 Å². The summed E-state index contributed by atoms with van der Waals surface area (Å²) in [5, 5.41) is 9.52. The SMILES string of the molecule is C=CC(=O)N1CCN(c2nc(OCC3CCCN3C)nc3c2CCC(N2CCCc4ccccc42)C3)C[C@@H]1CC#N. The fourth-order valence-electron chi connectivity index (χ4n) is 7.19. The van der Waals surface area contributed by atoms with Crippen molar-refractivity contribution in [2.24, 2.45) is 0 Å². The van der Waals surface area contributed by atoms with Crippen LogP contribution in [-0.4, -0.2) is 90.2 Å². The van der Waals surface area contributed by atoms with Crippen LogP contribution in [0.3, 0.4) is 0 Å². The second-order valence-corrected chi connectivity index (χ2v) is 11.9. The molecule has 0 spiro atoms. The number of hydrogen-bond donors (Lipinski definition) is 0. The van der Waals surface area contributed by atoms with Crippen LogP contribution < -0.4 is 14.5 Å². The lowest BCUT2D eigenvalue weighted by molar-refractivity contribution is -0.128. The maximum atomic E-state index is 12.5. The van der Waals surface area contributed by atoms with Gasteiger partial charge in [-0.1, -0.05) is 24.8 Å². The predicted octanol–water partition coefficient (Wildman–Crippen LogP) is 3.38. The molecule has 0 bridgehead atoms. The number of para-hydroxylation sites is 1. The van der Waals surface area contributed by atoms with Crippen molar-refractivity contribution in [1.82, 2.24) is 19.8 Å². The van der Waals surface area contributed by atoms with E-state index >= 15 is 0 Å². The molecule has 0 saturated carbocycles. The van der Waals surface area contributed by atoms with Gasteiger partial charge in [0.25, 0.3) is 0 Å². The third kappa shape index (κ3) is 5.62. The second-order valence-electron chi connectivity index (χ2n) is 11.9. The summed E-state index contributed by atoms with van der Waals surface area (Å²) in [6, 6.07) is 12.1. The van der Waals surface area contributed by atoms with E-state index in [2.05, 4.69) is 58.7 Å². The maximum absolute atomic E-state index is 12.5. The van der Waals surface area contributed by atoms with Gasteiger partial charge >= 0.3 is 6.01 Å². The topological polar surface area (TPSA) is 88.8 Å². The van der Waals surface area contributed by atoms with E-state index in [1.54, 1.807) is 4.90 Å². The van der Waals surface area contributed by atoms with E-state index in [0.717, 1.165) is 56.7 Å². The number of anilines is 2. The molecule has 2 fully saturated rings. The summed E-state index contributed by atoms with van der Waals surface area (Å²) in [5.74, 6) is 0.792. The van der Waals surface area contributed by atoms with Gasteiger partial charge in [-0.15, -0.1) is 0 Å². The number of carbonyl (C=O) groups is 1. The summed E-state index contributed by atoms with van der Waals surface area (Å²) >= 11 is 0. The Morgan fingerprint density at radius 1 is 1.12 bits per heavy atom. The van der Waals surface area contributed by atoms with Crippen molar-refractivity contribution >= 4 is 17.4 Å². The summed E-state index contributed by atoms with van der Waals surface area (Å²) in [6.07, 6.45) is 9.04. The number of ether oxygens (including phenoxy) is 1. The summed E-state index contributed by atoms with van der Waals surface area (Å²) < 4.78 is 6.31. The molecular weight excluding hydrogens is 514 g/mol. The molecule has 3 aliphatic heterocycles. The zero-order chi connectivity index (χ0) is 28.3. The van der Waals surface area contributed by atoms with Gasteiger partial charge in [-0.2, -0.15) is 15.2 Å². The first-order valence-corrected chi connectivity index (χ1v) is 15.2. The molecule has 1 amide bonds. The number of benzene rings is 1. The molecule has 3 atom stereocenters. The highest BCUT2D eigenvalue weighted by atomic mass is 16.5. The Kier molecular flexibility index (Phi) is 8.11. The van der Waals surface area contributed by atoms with Crippen LogP contribution in [-0.2, 0) is 24.1 Å². The first kappa shape index (κ1) is 27.5. The number of aromatic nitrogens is 2. The van der Waals surface area contributed by atoms with Crippen molar-refractivity contribution in [2.75, 3.05) is 56.2 Å². The van der Waals surface area contributed by atoms with Gasteiger partial charge in [-0.25, -0.2) is 0 Å². The van der Waals surface area contributed by atoms with Gasteiger partial charge in [-0.3, -0.25) is 4.79 Å². The van der Waals surface area contributed by atoms with Crippen molar-refractivity contribution in [2.45, 2.75) is 69.5 Å². The van der Waals surface area contributed by atoms with E-state index in [0.29, 0.717) is 44.3 Å². The molecule has 0 radical (unpaired) electrons. The number of rotatable bonds is 7. The van der Waals surface area contributed by atoms with E-state index in [4.69, 9.17) is 14.7 Å². The maximum Gasteiger partial charge on any atom is 0.318 e. The number of carbonyl (C=O) groups excluding carboxylic acids is 1. The van der Waals surface area contributed by atoms with Crippen LogP contribution in [0.1, 0.15) is 48.9 Å². The van der Waals surface area contributed by atoms with Gasteiger partial charge in [0.2, 0.25) is 5.91 Å². The molecule has 2 saturated heterocycles. The Balaban J connectivity index is 1.29. The van der Waals surface area contributed by atoms with Gasteiger partial charge in [0.1, 0.15) is 12.4 Å². The standard InChI is InChI=1S/C32H41N7O2/c1-3-30(40)39-19-18-37(21-25(39)14-15-33)31-27-13-12-24(38-17-6-9-23-8-4-5-11-29(23)38)20-28(27)34-32(35-31)41-22-26-10-7-16-36(26)2/h3-5,8,11,24-26H,1,6-7,9-10,12-14,16-22H2,2H3/t24?,25-,26?/m0/s1. The van der Waals surface area contributed by atoms with Crippen molar-refractivity contribution in [3.05, 3.63) is 53.7 Å². The van der Waals surface area contributed by atoms with Crippen LogP contribution in [0.4, 0.5) is 11.5 Å². The highest BCUT2D eigenvalue weighted by molar-refractivity contribution is 5.87.